The van der Waals surface area contributed by atoms with E-state index in [-0.39, 0.29) is 12.6 Å². The minimum Gasteiger partial charge on any atom is -0.481 e. The summed E-state index contributed by atoms with van der Waals surface area (Å²) in [6.07, 6.45) is 2.80. The maximum absolute atomic E-state index is 11.9. The summed E-state index contributed by atoms with van der Waals surface area (Å²) in [7, 11) is 0. The number of amides is 3. The topological polar surface area (TPSA) is 113 Å². The fourth-order valence-corrected chi connectivity index (χ4v) is 1.63. The van der Waals surface area contributed by atoms with Gasteiger partial charge in [-0.3, -0.25) is 9.59 Å². The van der Waals surface area contributed by atoms with Crippen molar-refractivity contribution in [2.75, 3.05) is 19.6 Å². The lowest BCUT2D eigenvalue weighted by molar-refractivity contribution is -0.141. The molecule has 4 N–H and O–H groups in total. The lowest BCUT2D eigenvalue weighted by Crippen LogP contribution is -2.45. The minimum absolute atomic E-state index is 0.0998. The predicted octanol–water partition coefficient (Wildman–Crippen LogP) is 0.784. The van der Waals surface area contributed by atoms with Gasteiger partial charge in [-0.05, 0) is 19.3 Å². The molecule has 0 rings (SSSR count). The molecule has 0 aliphatic carbocycles. The highest BCUT2D eigenvalue weighted by atomic mass is 16.4. The highest BCUT2D eigenvalue weighted by Crippen LogP contribution is 2.04. The summed E-state index contributed by atoms with van der Waals surface area (Å²) < 4.78 is 0. The van der Waals surface area contributed by atoms with Crippen molar-refractivity contribution < 1.29 is 19.5 Å². The van der Waals surface area contributed by atoms with Crippen LogP contribution in [0.15, 0.2) is 0 Å². The van der Waals surface area contributed by atoms with Crippen molar-refractivity contribution in [2.24, 2.45) is 11.7 Å². The van der Waals surface area contributed by atoms with Gasteiger partial charge >= 0.3 is 12.0 Å². The number of hydrogen-bond donors (Lipinski definition) is 3. The number of hydrogen-bond acceptors (Lipinski definition) is 3. The molecule has 0 saturated heterocycles. The first-order chi connectivity index (χ1) is 9.38. The van der Waals surface area contributed by atoms with Crippen LogP contribution in [0.4, 0.5) is 4.79 Å². The van der Waals surface area contributed by atoms with E-state index in [9.17, 15) is 14.4 Å². The Morgan fingerprint density at radius 2 is 1.95 bits per heavy atom. The molecule has 0 aromatic rings. The Kier molecular flexibility index (Phi) is 9.15. The largest absolute Gasteiger partial charge is 0.481 e. The molecule has 3 amide bonds. The number of carboxylic acid groups (broad SMARTS) is 1. The Morgan fingerprint density at radius 1 is 1.30 bits per heavy atom. The third kappa shape index (κ3) is 8.34. The molecule has 0 aliphatic rings. The number of rotatable bonds is 10. The van der Waals surface area contributed by atoms with Crippen LogP contribution in [0.3, 0.4) is 0 Å². The first-order valence-corrected chi connectivity index (χ1v) is 6.92. The molecule has 1 unspecified atom stereocenters. The summed E-state index contributed by atoms with van der Waals surface area (Å²) >= 11 is 0. The molecule has 20 heavy (non-hydrogen) atoms. The number of carbonyl (C=O) groups excluding carboxylic acids is 2. The SMILES string of the molecule is CCCCN(CC(N)=O)C(=O)NCCCC(C)C(=O)O. The molecule has 7 heteroatoms. The molecule has 0 fully saturated rings. The van der Waals surface area contributed by atoms with Gasteiger partial charge in [0.05, 0.1) is 5.92 Å². The second-order valence-corrected chi connectivity index (χ2v) is 4.85. The normalized spacial score (nSPS) is 11.7. The van der Waals surface area contributed by atoms with Crippen molar-refractivity contribution in [3.63, 3.8) is 0 Å². The molecule has 0 bridgehead atoms. The molecule has 0 saturated carbocycles. The van der Waals surface area contributed by atoms with Crippen LogP contribution in [0.25, 0.3) is 0 Å². The Labute approximate surface area is 119 Å². The lowest BCUT2D eigenvalue weighted by atomic mass is 10.1. The average molecular weight is 287 g/mol. The van der Waals surface area contributed by atoms with Crippen LogP contribution in [-0.2, 0) is 9.59 Å². The monoisotopic (exact) mass is 287 g/mol. The molecule has 116 valence electrons. The van der Waals surface area contributed by atoms with E-state index in [0.717, 1.165) is 12.8 Å². The van der Waals surface area contributed by atoms with Gasteiger partial charge in [0.15, 0.2) is 0 Å². The van der Waals surface area contributed by atoms with Crippen LogP contribution < -0.4 is 11.1 Å². The zero-order valence-electron chi connectivity index (χ0n) is 12.2. The van der Waals surface area contributed by atoms with E-state index < -0.39 is 17.8 Å². The van der Waals surface area contributed by atoms with Crippen LogP contribution in [-0.4, -0.2) is 47.5 Å². The smallest absolute Gasteiger partial charge is 0.317 e. The van der Waals surface area contributed by atoms with Gasteiger partial charge in [-0.2, -0.15) is 0 Å². The van der Waals surface area contributed by atoms with Gasteiger partial charge in [0.25, 0.3) is 0 Å². The number of primary amides is 1. The maximum atomic E-state index is 11.9. The van der Waals surface area contributed by atoms with E-state index in [1.54, 1.807) is 6.92 Å². The van der Waals surface area contributed by atoms with E-state index in [1.807, 2.05) is 6.92 Å². The van der Waals surface area contributed by atoms with Crippen molar-refractivity contribution in [1.29, 1.82) is 0 Å². The molecule has 1 atom stereocenters. The quantitative estimate of drug-likeness (QED) is 0.515. The fraction of sp³-hybridized carbons (Fsp3) is 0.769. The van der Waals surface area contributed by atoms with Crippen LogP contribution in [0.1, 0.15) is 39.5 Å². The molecule has 0 spiro atoms. The number of unbranched alkanes of at least 4 members (excludes halogenated alkanes) is 1. The second-order valence-electron chi connectivity index (χ2n) is 4.85. The van der Waals surface area contributed by atoms with Gasteiger partial charge < -0.3 is 21.1 Å². The van der Waals surface area contributed by atoms with Crippen LogP contribution in [0.2, 0.25) is 0 Å². The molecular formula is C13H25N3O4. The Hall–Kier alpha value is -1.79. The van der Waals surface area contributed by atoms with Crippen LogP contribution in [0, 0.1) is 5.92 Å². The van der Waals surface area contributed by atoms with Crippen LogP contribution in [0.5, 0.6) is 0 Å². The van der Waals surface area contributed by atoms with Crippen molar-refractivity contribution in [3.8, 4) is 0 Å². The first-order valence-electron chi connectivity index (χ1n) is 6.92. The third-order valence-electron chi connectivity index (χ3n) is 2.93. The summed E-state index contributed by atoms with van der Waals surface area (Å²) in [5.74, 6) is -1.81. The number of nitrogens with one attached hydrogen (secondary N) is 1. The molecule has 0 radical (unpaired) electrons. The van der Waals surface area contributed by atoms with E-state index in [1.165, 1.54) is 4.90 Å². The molecule has 0 aliphatic heterocycles. The van der Waals surface area contributed by atoms with Gasteiger partial charge in [0.1, 0.15) is 6.54 Å². The second kappa shape index (κ2) is 10.1. The number of nitrogens with zero attached hydrogens (tertiary/aromatic N) is 1. The fourth-order valence-electron chi connectivity index (χ4n) is 1.63. The summed E-state index contributed by atoms with van der Waals surface area (Å²) in [5, 5.41) is 11.4. The standard InChI is InChI=1S/C13H25N3O4/c1-3-4-8-16(9-11(14)17)13(20)15-7-5-6-10(2)12(18)19/h10H,3-9H2,1-2H3,(H2,14,17)(H,15,20)(H,18,19). The third-order valence-corrected chi connectivity index (χ3v) is 2.93. The van der Waals surface area contributed by atoms with Gasteiger partial charge in [-0.25, -0.2) is 4.79 Å². The predicted molar refractivity (Wildman–Crippen MR) is 75.1 cm³/mol. The Bertz CT molecular complexity index is 334. The van der Waals surface area contributed by atoms with Gasteiger partial charge in [-0.15, -0.1) is 0 Å². The number of urea groups is 1. The number of carboxylic acids is 1. The van der Waals surface area contributed by atoms with Crippen molar-refractivity contribution in [3.05, 3.63) is 0 Å². The summed E-state index contributed by atoms with van der Waals surface area (Å²) in [6.45, 7) is 4.39. The summed E-state index contributed by atoms with van der Waals surface area (Å²) in [5.41, 5.74) is 5.10. The zero-order chi connectivity index (χ0) is 15.5. The van der Waals surface area contributed by atoms with E-state index in [4.69, 9.17) is 10.8 Å². The van der Waals surface area contributed by atoms with Gasteiger partial charge in [0, 0.05) is 13.1 Å². The molecule has 0 aromatic carbocycles. The average Bonchev–Trinajstić information content (AvgIpc) is 2.38. The molecule has 7 nitrogen and oxygen atoms in total. The summed E-state index contributed by atoms with van der Waals surface area (Å²) in [6, 6.07) is -0.333. The van der Waals surface area contributed by atoms with E-state index in [0.29, 0.717) is 25.9 Å². The van der Waals surface area contributed by atoms with Crippen molar-refractivity contribution in [2.45, 2.75) is 39.5 Å². The summed E-state index contributed by atoms with van der Waals surface area (Å²) in [4.78, 5) is 34.8. The highest BCUT2D eigenvalue weighted by molar-refractivity contribution is 5.82. The molecule has 0 aromatic heterocycles. The van der Waals surface area contributed by atoms with E-state index in [2.05, 4.69) is 5.32 Å². The lowest BCUT2D eigenvalue weighted by Gasteiger charge is -2.21. The van der Waals surface area contributed by atoms with Gasteiger partial charge in [0.2, 0.25) is 5.91 Å². The number of carbonyl (C=O) groups is 3. The zero-order valence-corrected chi connectivity index (χ0v) is 12.2. The number of nitrogens with two attached hydrogens (primary N) is 1. The van der Waals surface area contributed by atoms with Gasteiger partial charge in [-0.1, -0.05) is 20.3 Å². The van der Waals surface area contributed by atoms with Crippen LogP contribution >= 0.6 is 0 Å². The minimum atomic E-state index is -0.838. The molecular weight excluding hydrogens is 262 g/mol. The highest BCUT2D eigenvalue weighted by Gasteiger charge is 2.15. The van der Waals surface area contributed by atoms with E-state index >= 15 is 0 Å². The maximum Gasteiger partial charge on any atom is 0.317 e. The van der Waals surface area contributed by atoms with Crippen molar-refractivity contribution in [1.82, 2.24) is 10.2 Å². The Morgan fingerprint density at radius 3 is 2.45 bits per heavy atom. The first kappa shape index (κ1) is 18.2. The Balaban J connectivity index is 4.05. The molecule has 0 heterocycles. The number of aliphatic carboxylic acids is 1. The van der Waals surface area contributed by atoms with Crippen molar-refractivity contribution >= 4 is 17.9 Å².